The summed E-state index contributed by atoms with van der Waals surface area (Å²) in [5, 5.41) is 26.3. The molecule has 3 N–H and O–H groups in total. The number of thiazole rings is 1. The summed E-state index contributed by atoms with van der Waals surface area (Å²) in [6.07, 6.45) is 9.40. The fourth-order valence-electron chi connectivity index (χ4n) is 4.42. The number of amides is 1. The van der Waals surface area contributed by atoms with E-state index in [4.69, 9.17) is 4.98 Å². The molecule has 4 unspecified atom stereocenters. The molecule has 0 aliphatic carbocycles. The first-order valence-electron chi connectivity index (χ1n) is 11.4. The van der Waals surface area contributed by atoms with Crippen molar-refractivity contribution in [3.63, 3.8) is 0 Å². The number of aliphatic hydroxyl groups is 1. The molecule has 8 heteroatoms. The van der Waals surface area contributed by atoms with E-state index in [0.29, 0.717) is 19.3 Å². The highest BCUT2D eigenvalue weighted by Crippen LogP contribution is 2.51. The van der Waals surface area contributed by atoms with Crippen LogP contribution in [0, 0.1) is 0 Å². The van der Waals surface area contributed by atoms with Gasteiger partial charge in [-0.05, 0) is 51.2 Å². The lowest BCUT2D eigenvalue weighted by Gasteiger charge is -2.47. The number of thioether (sulfide) groups is 1. The van der Waals surface area contributed by atoms with Crippen LogP contribution >= 0.6 is 23.1 Å². The Hall–Kier alpha value is -1.90. The number of carboxylic acids is 1. The summed E-state index contributed by atoms with van der Waals surface area (Å²) in [4.78, 5) is 29.4. The predicted octanol–water partition coefficient (Wildman–Crippen LogP) is 5.27. The minimum absolute atomic E-state index is 0.0853. The summed E-state index contributed by atoms with van der Waals surface area (Å²) < 4.78 is -0.773. The third kappa shape index (κ3) is 6.80. The molecule has 4 bridgehead atoms. The summed E-state index contributed by atoms with van der Waals surface area (Å²) in [7, 11) is 0. The number of allylic oxidation sites excluding steroid dienone is 4. The Labute approximate surface area is 204 Å². The fraction of sp³-hybridized carbons (Fsp3) is 0.560. The second-order valence-electron chi connectivity index (χ2n) is 9.46. The van der Waals surface area contributed by atoms with Gasteiger partial charge in [-0.15, -0.1) is 23.1 Å². The molecule has 0 radical (unpaired) electrons. The molecular weight excluding hydrogens is 456 g/mol. The van der Waals surface area contributed by atoms with E-state index in [2.05, 4.69) is 31.0 Å². The molecule has 3 rings (SSSR count). The van der Waals surface area contributed by atoms with Gasteiger partial charge in [0.2, 0.25) is 5.91 Å². The summed E-state index contributed by atoms with van der Waals surface area (Å²) in [6.45, 7) is 10.0. The summed E-state index contributed by atoms with van der Waals surface area (Å²) in [6, 6.07) is -0.267. The van der Waals surface area contributed by atoms with Gasteiger partial charge in [-0.25, -0.2) is 4.98 Å². The molecule has 4 atom stereocenters. The molecular formula is C25H34N2O4S2. The van der Waals surface area contributed by atoms with E-state index >= 15 is 0 Å². The molecule has 180 valence electrons. The molecule has 1 aromatic rings. The van der Waals surface area contributed by atoms with Crippen molar-refractivity contribution in [2.75, 3.05) is 0 Å². The Morgan fingerprint density at radius 3 is 2.82 bits per heavy atom. The maximum absolute atomic E-state index is 13.0. The van der Waals surface area contributed by atoms with Gasteiger partial charge >= 0.3 is 5.97 Å². The van der Waals surface area contributed by atoms with E-state index < -0.39 is 16.3 Å². The Kier molecular flexibility index (Phi) is 8.24. The van der Waals surface area contributed by atoms with Crippen LogP contribution in [-0.4, -0.2) is 42.7 Å². The van der Waals surface area contributed by atoms with Crippen molar-refractivity contribution in [3.8, 4) is 0 Å². The van der Waals surface area contributed by atoms with Crippen LogP contribution in [0.3, 0.4) is 0 Å². The topological polar surface area (TPSA) is 99.5 Å². The number of hydrogen-bond acceptors (Lipinski definition) is 6. The number of nitrogens with zero attached hydrogens (tertiary/aromatic N) is 1. The van der Waals surface area contributed by atoms with Crippen molar-refractivity contribution in [1.82, 2.24) is 10.3 Å². The Bertz CT molecular complexity index is 965. The molecule has 33 heavy (non-hydrogen) atoms. The molecule has 1 fully saturated rings. The van der Waals surface area contributed by atoms with Crippen LogP contribution in [0.25, 0.3) is 6.08 Å². The van der Waals surface area contributed by atoms with E-state index in [9.17, 15) is 19.8 Å². The van der Waals surface area contributed by atoms with Crippen molar-refractivity contribution >= 4 is 41.1 Å². The van der Waals surface area contributed by atoms with Gasteiger partial charge in [0.15, 0.2) is 0 Å². The Balaban J connectivity index is 2.00. The average molecular weight is 491 g/mol. The molecule has 1 amide bonds. The largest absolute Gasteiger partial charge is 0.481 e. The van der Waals surface area contributed by atoms with E-state index in [-0.39, 0.29) is 30.0 Å². The lowest BCUT2D eigenvalue weighted by Crippen LogP contribution is -2.49. The van der Waals surface area contributed by atoms with Gasteiger partial charge in [0.1, 0.15) is 5.01 Å². The standard InChI is InChI=1S/C25H34N2O4S2/c1-5-6-18-8-7-16(2)11-20-24(4,31)9-10-25(33-20,14-22(29)30)13-21(28)26-17(3)23-27-19(12-18)15-32-23/h7-8,12,15,17,20,31H,2,5-6,9-11,13-14H2,1,3-4H3,(H,26,28)(H,29,30). The smallest absolute Gasteiger partial charge is 0.304 e. The quantitative estimate of drug-likeness (QED) is 0.532. The van der Waals surface area contributed by atoms with Crippen molar-refractivity contribution in [3.05, 3.63) is 46.0 Å². The van der Waals surface area contributed by atoms with Gasteiger partial charge in [0.25, 0.3) is 0 Å². The molecule has 6 nitrogen and oxygen atoms in total. The number of aliphatic carboxylic acids is 1. The zero-order valence-corrected chi connectivity index (χ0v) is 21.2. The Morgan fingerprint density at radius 2 is 2.12 bits per heavy atom. The van der Waals surface area contributed by atoms with Gasteiger partial charge in [0.05, 0.1) is 23.8 Å². The third-order valence-corrected chi connectivity index (χ3v) is 9.27. The van der Waals surface area contributed by atoms with Crippen molar-refractivity contribution in [2.24, 2.45) is 0 Å². The van der Waals surface area contributed by atoms with Crippen LogP contribution < -0.4 is 5.32 Å². The number of carbonyl (C=O) groups excluding carboxylic acids is 1. The number of carboxylic acid groups (broad SMARTS) is 1. The van der Waals surface area contributed by atoms with Crippen LogP contribution in [0.5, 0.6) is 0 Å². The zero-order chi connectivity index (χ0) is 24.2. The molecule has 2 aliphatic heterocycles. The van der Waals surface area contributed by atoms with E-state index in [0.717, 1.165) is 34.7 Å². The molecule has 1 saturated heterocycles. The Morgan fingerprint density at radius 1 is 1.36 bits per heavy atom. The second-order valence-corrected chi connectivity index (χ2v) is 12.0. The monoisotopic (exact) mass is 490 g/mol. The van der Waals surface area contributed by atoms with Gasteiger partial charge in [-0.2, -0.15) is 0 Å². The summed E-state index contributed by atoms with van der Waals surface area (Å²) in [5.74, 6) is -1.13. The first-order valence-corrected chi connectivity index (χ1v) is 13.2. The van der Waals surface area contributed by atoms with Crippen LogP contribution in [0.1, 0.15) is 82.5 Å². The fourth-order valence-corrected chi connectivity index (χ4v) is 7.11. The van der Waals surface area contributed by atoms with Crippen LogP contribution in [0.2, 0.25) is 0 Å². The second kappa shape index (κ2) is 10.6. The maximum atomic E-state index is 13.0. The minimum atomic E-state index is -0.962. The minimum Gasteiger partial charge on any atom is -0.481 e. The van der Waals surface area contributed by atoms with E-state index in [1.54, 1.807) is 6.92 Å². The highest BCUT2D eigenvalue weighted by atomic mass is 32.2. The number of carbonyl (C=O) groups is 2. The van der Waals surface area contributed by atoms with E-state index in [1.807, 2.05) is 18.4 Å². The normalized spacial score (nSPS) is 31.1. The SMILES string of the molecule is C=C1C=CC(CCC)=Cc2csc(n2)C(C)NC(=O)CC2(CC(=O)O)CCC(C)(O)C(C1)S2. The predicted molar refractivity (Wildman–Crippen MR) is 135 cm³/mol. The van der Waals surface area contributed by atoms with Crippen molar-refractivity contribution in [2.45, 2.75) is 87.4 Å². The lowest BCUT2D eigenvalue weighted by atomic mass is 9.84. The first-order chi connectivity index (χ1) is 15.5. The van der Waals surface area contributed by atoms with Gasteiger partial charge < -0.3 is 15.5 Å². The number of rotatable bonds is 4. The molecule has 2 aliphatic rings. The number of nitrogens with one attached hydrogen (secondary N) is 1. The van der Waals surface area contributed by atoms with Crippen molar-refractivity contribution < 1.29 is 19.8 Å². The highest BCUT2D eigenvalue weighted by molar-refractivity contribution is 8.01. The number of fused-ring (bicyclic) bond motifs is 4. The molecule has 1 aromatic heterocycles. The summed E-state index contributed by atoms with van der Waals surface area (Å²) in [5.41, 5.74) is 1.91. The summed E-state index contributed by atoms with van der Waals surface area (Å²) >= 11 is 2.94. The molecule has 3 heterocycles. The maximum Gasteiger partial charge on any atom is 0.304 e. The molecule has 0 spiro atoms. The number of aromatic nitrogens is 1. The zero-order valence-electron chi connectivity index (χ0n) is 19.6. The van der Waals surface area contributed by atoms with E-state index in [1.165, 1.54) is 23.1 Å². The van der Waals surface area contributed by atoms with Crippen LogP contribution in [0.15, 0.2) is 35.3 Å². The van der Waals surface area contributed by atoms with Gasteiger partial charge in [0, 0.05) is 21.8 Å². The van der Waals surface area contributed by atoms with Gasteiger partial charge in [-0.3, -0.25) is 9.59 Å². The molecule has 0 aromatic carbocycles. The molecule has 0 saturated carbocycles. The first kappa shape index (κ1) is 25.7. The lowest BCUT2D eigenvalue weighted by molar-refractivity contribution is -0.138. The highest BCUT2D eigenvalue weighted by Gasteiger charge is 2.48. The van der Waals surface area contributed by atoms with Crippen LogP contribution in [0.4, 0.5) is 0 Å². The number of hydrogen-bond donors (Lipinski definition) is 3. The van der Waals surface area contributed by atoms with Crippen LogP contribution in [-0.2, 0) is 9.59 Å². The average Bonchev–Trinajstić information content (AvgIpc) is 3.17. The van der Waals surface area contributed by atoms with Crippen molar-refractivity contribution in [1.29, 1.82) is 0 Å². The third-order valence-electron chi connectivity index (χ3n) is 6.27. The van der Waals surface area contributed by atoms with Gasteiger partial charge in [-0.1, -0.05) is 37.6 Å².